The molecule has 0 aliphatic carbocycles. The number of halogens is 3. The third-order valence-corrected chi connectivity index (χ3v) is 4.63. The molecule has 0 saturated heterocycles. The largest absolute Gasteiger partial charge is 0.271 e. The van der Waals surface area contributed by atoms with Crippen molar-refractivity contribution in [2.75, 3.05) is 0 Å². The summed E-state index contributed by atoms with van der Waals surface area (Å²) in [5, 5.41) is 1.81. The maximum Gasteiger partial charge on any atom is 0.0624 e. The van der Waals surface area contributed by atoms with Crippen molar-refractivity contribution in [2.24, 2.45) is 5.84 Å². The minimum Gasteiger partial charge on any atom is -0.271 e. The first-order valence-corrected chi connectivity index (χ1v) is 7.32. The molecular formula is C15H15Cl3N2. The van der Waals surface area contributed by atoms with E-state index >= 15 is 0 Å². The van der Waals surface area contributed by atoms with Gasteiger partial charge in [-0.05, 0) is 36.1 Å². The first kappa shape index (κ1) is 15.6. The molecule has 0 spiro atoms. The van der Waals surface area contributed by atoms with Crippen LogP contribution in [0.5, 0.6) is 0 Å². The average Bonchev–Trinajstić information content (AvgIpc) is 2.44. The van der Waals surface area contributed by atoms with E-state index in [9.17, 15) is 0 Å². The quantitative estimate of drug-likeness (QED) is 0.630. The topological polar surface area (TPSA) is 38.0 Å². The van der Waals surface area contributed by atoms with Gasteiger partial charge in [-0.2, -0.15) is 0 Å². The Morgan fingerprint density at radius 1 is 1.05 bits per heavy atom. The van der Waals surface area contributed by atoms with Gasteiger partial charge in [0.25, 0.3) is 0 Å². The number of nitrogens with two attached hydrogens (primary N) is 1. The minimum atomic E-state index is -0.127. The summed E-state index contributed by atoms with van der Waals surface area (Å²) in [4.78, 5) is 0. The highest BCUT2D eigenvalue weighted by Crippen LogP contribution is 2.32. The van der Waals surface area contributed by atoms with Crippen LogP contribution in [0.15, 0.2) is 36.4 Å². The molecule has 0 saturated carbocycles. The molecule has 106 valence electrons. The summed E-state index contributed by atoms with van der Waals surface area (Å²) in [6.45, 7) is 1.96. The Morgan fingerprint density at radius 2 is 1.75 bits per heavy atom. The molecular weight excluding hydrogens is 315 g/mol. The van der Waals surface area contributed by atoms with E-state index in [0.29, 0.717) is 21.5 Å². The van der Waals surface area contributed by atoms with Gasteiger partial charge in [0.1, 0.15) is 0 Å². The van der Waals surface area contributed by atoms with E-state index in [1.807, 2.05) is 37.3 Å². The normalized spacial score (nSPS) is 12.4. The van der Waals surface area contributed by atoms with E-state index in [-0.39, 0.29) is 6.04 Å². The maximum atomic E-state index is 6.35. The molecule has 0 heterocycles. The van der Waals surface area contributed by atoms with Crippen molar-refractivity contribution in [1.29, 1.82) is 0 Å². The Hall–Kier alpha value is -0.770. The number of rotatable bonds is 4. The fourth-order valence-corrected chi connectivity index (χ4v) is 2.78. The molecule has 0 aromatic heterocycles. The number of aryl methyl sites for hydroxylation is 1. The maximum absolute atomic E-state index is 6.35. The molecule has 2 nitrogen and oxygen atoms in total. The van der Waals surface area contributed by atoms with Crippen molar-refractivity contribution in [2.45, 2.75) is 19.4 Å². The van der Waals surface area contributed by atoms with Crippen LogP contribution in [-0.4, -0.2) is 0 Å². The van der Waals surface area contributed by atoms with E-state index in [1.54, 1.807) is 6.07 Å². The van der Waals surface area contributed by atoms with Crippen LogP contribution in [0.4, 0.5) is 0 Å². The van der Waals surface area contributed by atoms with Crippen LogP contribution in [0.2, 0.25) is 15.1 Å². The summed E-state index contributed by atoms with van der Waals surface area (Å²) in [7, 11) is 0. The summed E-state index contributed by atoms with van der Waals surface area (Å²) in [6, 6.07) is 11.3. The van der Waals surface area contributed by atoms with Crippen LogP contribution in [0, 0.1) is 6.92 Å². The molecule has 1 atom stereocenters. The number of hydrogen-bond acceptors (Lipinski definition) is 2. The van der Waals surface area contributed by atoms with Gasteiger partial charge in [-0.3, -0.25) is 11.3 Å². The summed E-state index contributed by atoms with van der Waals surface area (Å²) in [5.41, 5.74) is 5.69. The van der Waals surface area contributed by atoms with Gasteiger partial charge in [-0.25, -0.2) is 0 Å². The van der Waals surface area contributed by atoms with E-state index in [0.717, 1.165) is 16.7 Å². The molecule has 2 rings (SSSR count). The van der Waals surface area contributed by atoms with Crippen LogP contribution in [0.3, 0.4) is 0 Å². The van der Waals surface area contributed by atoms with Gasteiger partial charge in [0, 0.05) is 5.02 Å². The van der Waals surface area contributed by atoms with E-state index < -0.39 is 0 Å². The molecule has 0 radical (unpaired) electrons. The third kappa shape index (κ3) is 3.27. The van der Waals surface area contributed by atoms with Crippen molar-refractivity contribution >= 4 is 34.8 Å². The molecule has 2 aromatic rings. The molecule has 2 aromatic carbocycles. The average molecular weight is 330 g/mol. The lowest BCUT2D eigenvalue weighted by molar-refractivity contribution is 0.552. The smallest absolute Gasteiger partial charge is 0.0624 e. The first-order chi connectivity index (χ1) is 9.54. The van der Waals surface area contributed by atoms with Crippen LogP contribution in [-0.2, 0) is 6.42 Å². The van der Waals surface area contributed by atoms with Gasteiger partial charge in [0.15, 0.2) is 0 Å². The van der Waals surface area contributed by atoms with Gasteiger partial charge in [0.2, 0.25) is 0 Å². The highest BCUT2D eigenvalue weighted by Gasteiger charge is 2.17. The van der Waals surface area contributed by atoms with Crippen LogP contribution in [0.1, 0.15) is 22.7 Å². The molecule has 20 heavy (non-hydrogen) atoms. The zero-order chi connectivity index (χ0) is 14.7. The van der Waals surface area contributed by atoms with Crippen molar-refractivity contribution in [1.82, 2.24) is 5.43 Å². The van der Waals surface area contributed by atoms with E-state index in [4.69, 9.17) is 40.6 Å². The zero-order valence-corrected chi connectivity index (χ0v) is 13.2. The molecule has 0 fully saturated rings. The molecule has 0 aliphatic rings. The SMILES string of the molecule is Cc1cccc(C(Cc2cccc(Cl)c2Cl)NN)c1Cl. The molecule has 1 unspecified atom stereocenters. The second-order valence-electron chi connectivity index (χ2n) is 4.61. The highest BCUT2D eigenvalue weighted by molar-refractivity contribution is 6.42. The van der Waals surface area contributed by atoms with Crippen LogP contribution >= 0.6 is 34.8 Å². The third-order valence-electron chi connectivity index (χ3n) is 3.25. The van der Waals surface area contributed by atoms with Crippen molar-refractivity contribution in [3.05, 3.63) is 68.2 Å². The van der Waals surface area contributed by atoms with Gasteiger partial charge >= 0.3 is 0 Å². The Kier molecular flexibility index (Phi) is 5.30. The van der Waals surface area contributed by atoms with Crippen LogP contribution < -0.4 is 11.3 Å². The Labute approximate surface area is 133 Å². The predicted octanol–water partition coefficient (Wildman–Crippen LogP) is 4.70. The van der Waals surface area contributed by atoms with Crippen molar-refractivity contribution in [3.63, 3.8) is 0 Å². The van der Waals surface area contributed by atoms with Crippen LogP contribution in [0.25, 0.3) is 0 Å². The molecule has 3 N–H and O–H groups in total. The van der Waals surface area contributed by atoms with Gasteiger partial charge in [-0.15, -0.1) is 0 Å². The number of hydrogen-bond donors (Lipinski definition) is 2. The minimum absolute atomic E-state index is 0.127. The molecule has 0 aliphatic heterocycles. The Bertz CT molecular complexity index is 614. The lowest BCUT2D eigenvalue weighted by Gasteiger charge is -2.19. The van der Waals surface area contributed by atoms with Crippen molar-refractivity contribution < 1.29 is 0 Å². The highest BCUT2D eigenvalue weighted by atomic mass is 35.5. The Morgan fingerprint density at radius 3 is 2.45 bits per heavy atom. The zero-order valence-electron chi connectivity index (χ0n) is 11.0. The molecule has 5 heteroatoms. The fraction of sp³-hybridized carbons (Fsp3) is 0.200. The lowest BCUT2D eigenvalue weighted by atomic mass is 9.98. The van der Waals surface area contributed by atoms with E-state index in [2.05, 4.69) is 5.43 Å². The van der Waals surface area contributed by atoms with E-state index in [1.165, 1.54) is 0 Å². The number of benzene rings is 2. The lowest BCUT2D eigenvalue weighted by Crippen LogP contribution is -2.30. The van der Waals surface area contributed by atoms with Gasteiger partial charge in [-0.1, -0.05) is 65.1 Å². The number of hydrazine groups is 1. The second kappa shape index (κ2) is 6.79. The number of nitrogens with one attached hydrogen (secondary N) is 1. The summed E-state index contributed by atoms with van der Waals surface area (Å²) >= 11 is 18.6. The predicted molar refractivity (Wildman–Crippen MR) is 86.4 cm³/mol. The monoisotopic (exact) mass is 328 g/mol. The first-order valence-electron chi connectivity index (χ1n) is 6.18. The summed E-state index contributed by atoms with van der Waals surface area (Å²) < 4.78 is 0. The second-order valence-corrected chi connectivity index (χ2v) is 5.78. The summed E-state index contributed by atoms with van der Waals surface area (Å²) in [5.74, 6) is 5.68. The standard InChI is InChI=1S/C15H15Cl3N2/c1-9-4-2-6-11(14(9)17)13(20-19)8-10-5-3-7-12(16)15(10)18/h2-7,13,20H,8,19H2,1H3. The van der Waals surface area contributed by atoms with Gasteiger partial charge < -0.3 is 0 Å². The molecule has 0 amide bonds. The molecule has 0 bridgehead atoms. The van der Waals surface area contributed by atoms with Crippen molar-refractivity contribution in [3.8, 4) is 0 Å². The fourth-order valence-electron chi connectivity index (χ4n) is 2.12. The van der Waals surface area contributed by atoms with Gasteiger partial charge in [0.05, 0.1) is 16.1 Å². The summed E-state index contributed by atoms with van der Waals surface area (Å²) in [6.07, 6.45) is 0.610. The Balaban J connectivity index is 2.34.